The summed E-state index contributed by atoms with van der Waals surface area (Å²) < 4.78 is 40.7. The van der Waals surface area contributed by atoms with E-state index in [1.807, 2.05) is 31.3 Å². The molecule has 2 aromatic heterocycles. The molecule has 1 saturated carbocycles. The molecule has 12 heteroatoms. The topological polar surface area (TPSA) is 110 Å². The van der Waals surface area contributed by atoms with Crippen LogP contribution >= 0.6 is 0 Å². The van der Waals surface area contributed by atoms with Crippen LogP contribution in [0.15, 0.2) is 24.5 Å². The van der Waals surface area contributed by atoms with Crippen LogP contribution in [-0.4, -0.2) is 66.5 Å². The van der Waals surface area contributed by atoms with Crippen LogP contribution in [0.5, 0.6) is 0 Å². The number of ketones is 1. The van der Waals surface area contributed by atoms with Gasteiger partial charge in [0.05, 0.1) is 5.52 Å². The maximum absolute atomic E-state index is 13.6. The highest BCUT2D eigenvalue weighted by atomic mass is 19.4. The van der Waals surface area contributed by atoms with E-state index in [1.54, 1.807) is 19.3 Å². The number of halogens is 3. The second kappa shape index (κ2) is 9.13. The number of nitrogens with one attached hydrogen (secondary N) is 1. The number of alkyl halides is 3. The van der Waals surface area contributed by atoms with Crippen molar-refractivity contribution in [3.8, 4) is 11.1 Å². The Morgan fingerprint density at radius 2 is 1.79 bits per heavy atom. The highest BCUT2D eigenvalue weighted by Crippen LogP contribution is 2.59. The second-order valence-corrected chi connectivity index (χ2v) is 10.9. The van der Waals surface area contributed by atoms with E-state index in [4.69, 9.17) is 0 Å². The Bertz CT molecular complexity index is 1500. The zero-order valence-corrected chi connectivity index (χ0v) is 22.3. The number of carbonyl (C=O) groups is 3. The van der Waals surface area contributed by atoms with Gasteiger partial charge in [-0.15, -0.1) is 0 Å². The molecule has 1 N–H and O–H groups in total. The van der Waals surface area contributed by atoms with E-state index in [1.165, 1.54) is 16.5 Å². The van der Waals surface area contributed by atoms with Gasteiger partial charge in [-0.3, -0.25) is 19.1 Å². The number of hydrogen-bond donors (Lipinski definition) is 1. The highest BCUT2D eigenvalue weighted by molar-refractivity contribution is 6.07. The molecule has 1 aromatic carbocycles. The highest BCUT2D eigenvalue weighted by Gasteiger charge is 2.64. The molecular formula is C27H29F3N6O3. The van der Waals surface area contributed by atoms with E-state index < -0.39 is 30.1 Å². The summed E-state index contributed by atoms with van der Waals surface area (Å²) >= 11 is 0. The molecule has 3 aromatic rings. The number of piperidine rings is 1. The van der Waals surface area contributed by atoms with Gasteiger partial charge in [0.2, 0.25) is 11.8 Å². The molecule has 4 atom stereocenters. The predicted molar refractivity (Wildman–Crippen MR) is 136 cm³/mol. The summed E-state index contributed by atoms with van der Waals surface area (Å²) in [7, 11) is 0. The minimum absolute atomic E-state index is 0.196. The normalized spacial score (nSPS) is 23.0. The maximum atomic E-state index is 13.6. The predicted octanol–water partition coefficient (Wildman–Crippen LogP) is 3.76. The molecule has 0 bridgehead atoms. The number of carbonyl (C=O) groups excluding carboxylic acids is 3. The molecule has 206 valence electrons. The van der Waals surface area contributed by atoms with Crippen LogP contribution in [0.4, 0.5) is 13.2 Å². The van der Waals surface area contributed by atoms with Gasteiger partial charge in [0.1, 0.15) is 30.1 Å². The number of aromatic nitrogens is 4. The molecule has 9 nitrogen and oxygen atoms in total. The minimum Gasteiger partial charge on any atom is -0.343 e. The zero-order valence-electron chi connectivity index (χ0n) is 22.3. The van der Waals surface area contributed by atoms with Crippen LogP contribution in [0.1, 0.15) is 55.5 Å². The fourth-order valence-electron chi connectivity index (χ4n) is 5.57. The maximum Gasteiger partial charge on any atom is 0.408 e. The second-order valence-electron chi connectivity index (χ2n) is 10.9. The van der Waals surface area contributed by atoms with Crippen molar-refractivity contribution in [1.82, 2.24) is 30.0 Å². The van der Waals surface area contributed by atoms with Crippen LogP contribution in [0.3, 0.4) is 0 Å². The van der Waals surface area contributed by atoms with Crippen molar-refractivity contribution in [2.24, 2.45) is 5.41 Å². The number of rotatable bonds is 6. The van der Waals surface area contributed by atoms with E-state index in [0.29, 0.717) is 29.6 Å². The van der Waals surface area contributed by atoms with Crippen molar-refractivity contribution in [2.75, 3.05) is 0 Å². The van der Waals surface area contributed by atoms with Crippen LogP contribution < -0.4 is 5.32 Å². The molecule has 0 unspecified atom stereocenters. The number of nitrogens with zero attached hydrogens (tertiary/aromatic N) is 5. The quantitative estimate of drug-likeness (QED) is 0.475. The average Bonchev–Trinajstić information content (AvgIpc) is 3.20. The lowest BCUT2D eigenvalue weighted by Gasteiger charge is -2.28. The summed E-state index contributed by atoms with van der Waals surface area (Å²) in [5.41, 5.74) is 2.79. The van der Waals surface area contributed by atoms with Crippen molar-refractivity contribution < 1.29 is 27.6 Å². The molecule has 5 rings (SSSR count). The molecule has 2 fully saturated rings. The summed E-state index contributed by atoms with van der Waals surface area (Å²) in [6.07, 6.45) is -0.241. The van der Waals surface area contributed by atoms with E-state index in [2.05, 4.69) is 15.1 Å². The van der Waals surface area contributed by atoms with Crippen LogP contribution in [0.25, 0.3) is 22.0 Å². The van der Waals surface area contributed by atoms with Crippen molar-refractivity contribution in [1.29, 1.82) is 0 Å². The summed E-state index contributed by atoms with van der Waals surface area (Å²) in [5.74, 6) is -0.911. The summed E-state index contributed by atoms with van der Waals surface area (Å²) in [4.78, 5) is 48.8. The van der Waals surface area contributed by atoms with Crippen LogP contribution in [0, 0.1) is 19.3 Å². The molecule has 1 aliphatic heterocycles. The van der Waals surface area contributed by atoms with Crippen molar-refractivity contribution in [2.45, 2.75) is 78.3 Å². The lowest BCUT2D eigenvalue weighted by Crippen LogP contribution is -2.53. The molecule has 3 heterocycles. The first-order valence-corrected chi connectivity index (χ1v) is 12.7. The lowest BCUT2D eigenvalue weighted by molar-refractivity contribution is -0.160. The van der Waals surface area contributed by atoms with Crippen LogP contribution in [0.2, 0.25) is 0 Å². The first kappa shape index (κ1) is 26.8. The van der Waals surface area contributed by atoms with Gasteiger partial charge in [0.25, 0.3) is 0 Å². The molecule has 2 aliphatic rings. The van der Waals surface area contributed by atoms with Crippen LogP contribution in [-0.2, 0) is 16.1 Å². The van der Waals surface area contributed by atoms with Crippen molar-refractivity contribution in [3.63, 3.8) is 0 Å². The van der Waals surface area contributed by atoms with E-state index in [-0.39, 0.29) is 29.5 Å². The fraction of sp³-hybridized carbons (Fsp3) is 0.481. The smallest absolute Gasteiger partial charge is 0.343 e. The molecule has 0 spiro atoms. The van der Waals surface area contributed by atoms with Gasteiger partial charge in [-0.1, -0.05) is 6.92 Å². The number of likely N-dealkylation sites (tertiary alicyclic amines) is 1. The summed E-state index contributed by atoms with van der Waals surface area (Å²) in [6.45, 7) is 7.56. The summed E-state index contributed by atoms with van der Waals surface area (Å²) in [5, 5.41) is 7.04. The Hall–Kier alpha value is -3.83. The van der Waals surface area contributed by atoms with Gasteiger partial charge >= 0.3 is 6.18 Å². The Balaban J connectivity index is 1.47. The van der Waals surface area contributed by atoms with Gasteiger partial charge in [0, 0.05) is 36.3 Å². The van der Waals surface area contributed by atoms with E-state index >= 15 is 0 Å². The Morgan fingerprint density at radius 3 is 2.41 bits per heavy atom. The standard InChI is InChI=1S/C27H29F3N6O3/c1-13-6-17(18-10-31-16(4)32-11-18)7-19-23(14(2)37)34-35(24(13)19)12-22(38)36-20(8-26(5)9-21(26)36)25(39)33-15(3)27(28,29)30/h6-7,10-11,15,20-21H,8-9,12H2,1-5H3,(H,33,39)/t15-,20+,21-,26+/m1/s1. The van der Waals surface area contributed by atoms with Gasteiger partial charge in [-0.05, 0) is 62.3 Å². The number of benzene rings is 1. The number of fused-ring (bicyclic) bond motifs is 2. The van der Waals surface area contributed by atoms with Crippen molar-refractivity contribution in [3.05, 3.63) is 41.6 Å². The third kappa shape index (κ3) is 4.76. The van der Waals surface area contributed by atoms with E-state index in [0.717, 1.165) is 23.6 Å². The lowest BCUT2D eigenvalue weighted by atomic mass is 10.0. The van der Waals surface area contributed by atoms with Gasteiger partial charge < -0.3 is 10.2 Å². The fourth-order valence-corrected chi connectivity index (χ4v) is 5.57. The third-order valence-corrected chi connectivity index (χ3v) is 7.84. The largest absolute Gasteiger partial charge is 0.408 e. The van der Waals surface area contributed by atoms with Gasteiger partial charge in [-0.25, -0.2) is 9.97 Å². The number of aryl methyl sites for hydroxylation is 2. The Labute approximate surface area is 222 Å². The number of amides is 2. The Morgan fingerprint density at radius 1 is 1.13 bits per heavy atom. The molecule has 1 saturated heterocycles. The SMILES string of the molecule is CC(=O)c1nn(CC(=O)N2[C@H](C(=O)N[C@H](C)C(F)(F)F)C[C@@]3(C)C[C@@H]23)c2c(C)cc(-c3cnc(C)nc3)cc12. The Kier molecular flexibility index (Phi) is 6.27. The zero-order chi connectivity index (χ0) is 28.4. The first-order valence-electron chi connectivity index (χ1n) is 12.7. The molecule has 2 amide bonds. The molecule has 0 radical (unpaired) electrons. The number of Topliss-reactive ketones (excluding diaryl/α,β-unsaturated/α-hetero) is 1. The summed E-state index contributed by atoms with van der Waals surface area (Å²) in [6, 6.07) is 0.435. The third-order valence-electron chi connectivity index (χ3n) is 7.84. The van der Waals surface area contributed by atoms with Gasteiger partial charge in [0.15, 0.2) is 5.78 Å². The van der Waals surface area contributed by atoms with Crippen molar-refractivity contribution >= 4 is 28.5 Å². The minimum atomic E-state index is -4.59. The van der Waals surface area contributed by atoms with E-state index in [9.17, 15) is 27.6 Å². The average molecular weight is 543 g/mol. The van der Waals surface area contributed by atoms with Gasteiger partial charge in [-0.2, -0.15) is 18.3 Å². The molecule has 39 heavy (non-hydrogen) atoms. The number of hydrogen-bond acceptors (Lipinski definition) is 6. The molecule has 1 aliphatic carbocycles. The first-order chi connectivity index (χ1) is 18.2. The molecular weight excluding hydrogens is 513 g/mol. The monoisotopic (exact) mass is 542 g/mol.